The Morgan fingerprint density at radius 2 is 2.17 bits per heavy atom. The SMILES string of the molecule is Cc1cccnc1Nc1ccc(F)c([C@]2(C)CCSC(N)=N2)c1. The van der Waals surface area contributed by atoms with Gasteiger partial charge in [-0.2, -0.15) is 0 Å². The van der Waals surface area contributed by atoms with Crippen molar-refractivity contribution in [2.75, 3.05) is 11.1 Å². The van der Waals surface area contributed by atoms with Crippen molar-refractivity contribution in [2.45, 2.75) is 25.8 Å². The van der Waals surface area contributed by atoms with Crippen LogP contribution >= 0.6 is 11.8 Å². The third kappa shape index (κ3) is 3.32. The number of nitrogens with zero attached hydrogens (tertiary/aromatic N) is 2. The summed E-state index contributed by atoms with van der Waals surface area (Å²) < 4.78 is 14.4. The number of thioether (sulfide) groups is 1. The molecule has 1 aromatic carbocycles. The van der Waals surface area contributed by atoms with Gasteiger partial charge in [-0.1, -0.05) is 17.8 Å². The third-order valence-electron chi connectivity index (χ3n) is 4.01. The predicted octanol–water partition coefficient (Wildman–Crippen LogP) is 3.94. The van der Waals surface area contributed by atoms with E-state index in [0.29, 0.717) is 10.7 Å². The first kappa shape index (κ1) is 15.8. The van der Waals surface area contributed by atoms with Gasteiger partial charge in [0, 0.05) is 23.2 Å². The van der Waals surface area contributed by atoms with Crippen LogP contribution in [0.15, 0.2) is 41.5 Å². The van der Waals surface area contributed by atoms with Crippen molar-refractivity contribution in [2.24, 2.45) is 10.7 Å². The van der Waals surface area contributed by atoms with Crippen molar-refractivity contribution in [3.63, 3.8) is 0 Å². The molecule has 120 valence electrons. The summed E-state index contributed by atoms with van der Waals surface area (Å²) in [5, 5.41) is 3.76. The minimum Gasteiger partial charge on any atom is -0.379 e. The molecule has 0 aliphatic carbocycles. The van der Waals surface area contributed by atoms with Crippen LogP contribution in [0.1, 0.15) is 24.5 Å². The maximum absolute atomic E-state index is 14.4. The lowest BCUT2D eigenvalue weighted by molar-refractivity contribution is 0.450. The Morgan fingerprint density at radius 3 is 2.91 bits per heavy atom. The molecule has 0 amide bonds. The van der Waals surface area contributed by atoms with Crippen LogP contribution in [-0.2, 0) is 5.54 Å². The molecule has 23 heavy (non-hydrogen) atoms. The molecule has 1 aliphatic rings. The molecule has 0 fully saturated rings. The lowest BCUT2D eigenvalue weighted by atomic mass is 9.89. The molecule has 1 atom stereocenters. The van der Waals surface area contributed by atoms with E-state index < -0.39 is 5.54 Å². The van der Waals surface area contributed by atoms with Gasteiger partial charge >= 0.3 is 0 Å². The first-order chi connectivity index (χ1) is 11.0. The average Bonchev–Trinajstić information content (AvgIpc) is 2.51. The van der Waals surface area contributed by atoms with Gasteiger partial charge in [-0.25, -0.2) is 9.37 Å². The van der Waals surface area contributed by atoms with Crippen LogP contribution in [0.5, 0.6) is 0 Å². The van der Waals surface area contributed by atoms with Crippen molar-refractivity contribution < 1.29 is 4.39 Å². The molecule has 1 aliphatic heterocycles. The number of halogens is 1. The highest BCUT2D eigenvalue weighted by Gasteiger charge is 2.32. The minimum absolute atomic E-state index is 0.265. The van der Waals surface area contributed by atoms with Crippen LogP contribution in [0.2, 0.25) is 0 Å². The molecule has 6 heteroatoms. The molecule has 2 aromatic rings. The molecule has 0 bridgehead atoms. The van der Waals surface area contributed by atoms with E-state index in [2.05, 4.69) is 15.3 Å². The van der Waals surface area contributed by atoms with Crippen molar-refractivity contribution in [1.82, 2.24) is 4.98 Å². The second-order valence-corrected chi connectivity index (χ2v) is 6.93. The topological polar surface area (TPSA) is 63.3 Å². The summed E-state index contributed by atoms with van der Waals surface area (Å²) in [5.74, 6) is 1.33. The van der Waals surface area contributed by atoms with Gasteiger partial charge in [-0.3, -0.25) is 4.99 Å². The highest BCUT2D eigenvalue weighted by atomic mass is 32.2. The molecule has 3 rings (SSSR count). The first-order valence-corrected chi connectivity index (χ1v) is 8.43. The number of amidine groups is 1. The number of aromatic nitrogens is 1. The first-order valence-electron chi connectivity index (χ1n) is 7.45. The van der Waals surface area contributed by atoms with Gasteiger partial charge in [0.15, 0.2) is 5.17 Å². The van der Waals surface area contributed by atoms with E-state index in [-0.39, 0.29) is 5.82 Å². The molecule has 0 unspecified atom stereocenters. The van der Waals surface area contributed by atoms with Crippen LogP contribution in [-0.4, -0.2) is 15.9 Å². The molecular weight excluding hydrogens is 311 g/mol. The second-order valence-electron chi connectivity index (χ2n) is 5.81. The lowest BCUT2D eigenvalue weighted by Crippen LogP contribution is -2.29. The molecule has 0 radical (unpaired) electrons. The van der Waals surface area contributed by atoms with E-state index in [4.69, 9.17) is 5.73 Å². The van der Waals surface area contributed by atoms with Crippen molar-refractivity contribution in [3.8, 4) is 0 Å². The summed E-state index contributed by atoms with van der Waals surface area (Å²) in [4.78, 5) is 8.80. The van der Waals surface area contributed by atoms with Gasteiger partial charge in [0.2, 0.25) is 0 Å². The fourth-order valence-electron chi connectivity index (χ4n) is 2.65. The average molecular weight is 330 g/mol. The van der Waals surface area contributed by atoms with Crippen LogP contribution in [0.3, 0.4) is 0 Å². The zero-order chi connectivity index (χ0) is 16.4. The Balaban J connectivity index is 1.97. The van der Waals surface area contributed by atoms with Gasteiger partial charge in [-0.15, -0.1) is 0 Å². The molecular formula is C17H19FN4S. The Bertz CT molecular complexity index is 762. The van der Waals surface area contributed by atoms with Gasteiger partial charge in [-0.05, 0) is 50.1 Å². The fraction of sp³-hybridized carbons (Fsp3) is 0.294. The number of benzene rings is 1. The number of hydrogen-bond acceptors (Lipinski definition) is 5. The van der Waals surface area contributed by atoms with E-state index in [9.17, 15) is 4.39 Å². The molecule has 0 spiro atoms. The number of nitrogens with one attached hydrogen (secondary N) is 1. The summed E-state index contributed by atoms with van der Waals surface area (Å²) in [7, 11) is 0. The zero-order valence-electron chi connectivity index (χ0n) is 13.1. The second kappa shape index (κ2) is 6.20. The number of aryl methyl sites for hydroxylation is 1. The van der Waals surface area contributed by atoms with Crippen LogP contribution in [0, 0.1) is 12.7 Å². The maximum atomic E-state index is 14.4. The van der Waals surface area contributed by atoms with E-state index in [0.717, 1.165) is 29.2 Å². The summed E-state index contributed by atoms with van der Waals surface area (Å²) >= 11 is 1.51. The Hall–Kier alpha value is -2.08. The largest absolute Gasteiger partial charge is 0.379 e. The van der Waals surface area contributed by atoms with E-state index in [1.807, 2.05) is 26.0 Å². The van der Waals surface area contributed by atoms with E-state index in [1.165, 1.54) is 17.8 Å². The minimum atomic E-state index is -0.629. The normalized spacial score (nSPS) is 20.9. The lowest BCUT2D eigenvalue weighted by Gasteiger charge is -2.30. The van der Waals surface area contributed by atoms with Gasteiger partial charge in [0.25, 0.3) is 0 Å². The summed E-state index contributed by atoms with van der Waals surface area (Å²) in [5.41, 5.74) is 7.59. The maximum Gasteiger partial charge on any atom is 0.154 e. The van der Waals surface area contributed by atoms with Gasteiger partial charge < -0.3 is 11.1 Å². The molecule has 2 heterocycles. The van der Waals surface area contributed by atoms with Gasteiger partial charge in [0.1, 0.15) is 11.6 Å². The fourth-order valence-corrected chi connectivity index (χ4v) is 3.62. The number of rotatable bonds is 3. The van der Waals surface area contributed by atoms with Crippen molar-refractivity contribution >= 4 is 28.4 Å². The van der Waals surface area contributed by atoms with Gasteiger partial charge in [0.05, 0.1) is 5.54 Å². The molecule has 3 N–H and O–H groups in total. The van der Waals surface area contributed by atoms with Crippen LogP contribution in [0.4, 0.5) is 15.9 Å². The molecule has 0 saturated carbocycles. The number of aliphatic imine (C=N–C) groups is 1. The van der Waals surface area contributed by atoms with E-state index in [1.54, 1.807) is 18.3 Å². The third-order valence-corrected chi connectivity index (χ3v) is 4.81. The summed E-state index contributed by atoms with van der Waals surface area (Å²) in [6, 6.07) is 8.84. The molecule has 0 saturated heterocycles. The number of hydrogen-bond donors (Lipinski definition) is 2. The van der Waals surface area contributed by atoms with Crippen LogP contribution < -0.4 is 11.1 Å². The molecule has 1 aromatic heterocycles. The molecule has 4 nitrogen and oxygen atoms in total. The number of nitrogens with two attached hydrogens (primary N) is 1. The quantitative estimate of drug-likeness (QED) is 0.895. The highest BCUT2D eigenvalue weighted by molar-refractivity contribution is 8.13. The standard InChI is InChI=1S/C17H19FN4S/c1-11-4-3-8-20-15(11)21-12-5-6-14(18)13(10-12)17(2)7-9-23-16(19)22-17/h3-6,8,10H,7,9H2,1-2H3,(H2,19,22)(H,20,21)/t17-/m0/s1. The predicted molar refractivity (Wildman–Crippen MR) is 94.7 cm³/mol. The van der Waals surface area contributed by atoms with Crippen molar-refractivity contribution in [1.29, 1.82) is 0 Å². The monoisotopic (exact) mass is 330 g/mol. The van der Waals surface area contributed by atoms with E-state index >= 15 is 0 Å². The Labute approximate surface area is 139 Å². The Morgan fingerprint density at radius 1 is 1.35 bits per heavy atom. The summed E-state index contributed by atoms with van der Waals surface area (Å²) in [6.45, 7) is 3.90. The van der Waals surface area contributed by atoms with Crippen LogP contribution in [0.25, 0.3) is 0 Å². The number of pyridine rings is 1. The zero-order valence-corrected chi connectivity index (χ0v) is 14.0. The Kier molecular flexibility index (Phi) is 4.26. The summed E-state index contributed by atoms with van der Waals surface area (Å²) in [6.07, 6.45) is 2.48. The number of anilines is 2. The highest BCUT2D eigenvalue weighted by Crippen LogP contribution is 2.37. The smallest absolute Gasteiger partial charge is 0.154 e. The van der Waals surface area contributed by atoms with Crippen molar-refractivity contribution in [3.05, 3.63) is 53.5 Å².